The number of alkyl halides is 3. The maximum Gasteiger partial charge on any atom is 0.416 e. The van der Waals surface area contributed by atoms with Crippen molar-refractivity contribution in [1.82, 2.24) is 9.55 Å². The quantitative estimate of drug-likeness (QED) is 0.552. The molecule has 1 aliphatic rings. The predicted octanol–water partition coefficient (Wildman–Crippen LogP) is 5.17. The molecule has 1 aromatic heterocycles. The van der Waals surface area contributed by atoms with E-state index in [9.17, 15) is 13.2 Å². The highest BCUT2D eigenvalue weighted by atomic mass is 19.4. The van der Waals surface area contributed by atoms with Crippen LogP contribution in [0.5, 0.6) is 11.5 Å². The van der Waals surface area contributed by atoms with Crippen molar-refractivity contribution in [3.05, 3.63) is 53.3 Å². The maximum absolute atomic E-state index is 13.1. The van der Waals surface area contributed by atoms with Crippen molar-refractivity contribution in [3.63, 3.8) is 0 Å². The molecule has 2 aromatic carbocycles. The van der Waals surface area contributed by atoms with Crippen molar-refractivity contribution in [2.24, 2.45) is 0 Å². The van der Waals surface area contributed by atoms with Gasteiger partial charge >= 0.3 is 6.18 Å². The largest absolute Gasteiger partial charge is 0.493 e. The first kappa shape index (κ1) is 20.5. The van der Waals surface area contributed by atoms with Crippen LogP contribution in [0.25, 0.3) is 11.0 Å². The average Bonchev–Trinajstić information content (AvgIpc) is 3.38. The number of imidazole rings is 1. The van der Waals surface area contributed by atoms with Crippen molar-refractivity contribution >= 4 is 11.0 Å². The third-order valence-electron chi connectivity index (χ3n) is 5.39. The van der Waals surface area contributed by atoms with E-state index in [4.69, 9.17) is 14.2 Å². The van der Waals surface area contributed by atoms with Crippen molar-refractivity contribution in [2.75, 3.05) is 20.8 Å². The Bertz CT molecular complexity index is 1040. The molecule has 160 valence electrons. The van der Waals surface area contributed by atoms with Crippen LogP contribution in [0.15, 0.2) is 36.4 Å². The van der Waals surface area contributed by atoms with Gasteiger partial charge < -0.3 is 18.8 Å². The molecule has 0 amide bonds. The van der Waals surface area contributed by atoms with Crippen LogP contribution in [0.1, 0.15) is 35.9 Å². The summed E-state index contributed by atoms with van der Waals surface area (Å²) < 4.78 is 57.8. The lowest BCUT2D eigenvalue weighted by atomic mass is 10.1. The predicted molar refractivity (Wildman–Crippen MR) is 106 cm³/mol. The van der Waals surface area contributed by atoms with E-state index in [1.807, 2.05) is 22.8 Å². The maximum atomic E-state index is 13.1. The molecular weight excluding hydrogens is 397 g/mol. The van der Waals surface area contributed by atoms with E-state index >= 15 is 0 Å². The third kappa shape index (κ3) is 3.96. The van der Waals surface area contributed by atoms with Gasteiger partial charge in [0.2, 0.25) is 0 Å². The second-order valence-electron chi connectivity index (χ2n) is 7.26. The first-order chi connectivity index (χ1) is 14.4. The standard InChI is InChI=1S/C22H23F3N2O3/c1-28-18-8-5-14(12-20(18)29-2)9-10-27-17-7-6-15(22(23,24)25)13-16(17)26-21(27)19-4-3-11-30-19/h5-8,12-13,19H,3-4,9-11H2,1-2H3. The molecule has 0 spiro atoms. The molecule has 0 bridgehead atoms. The number of nitrogens with zero attached hydrogens (tertiary/aromatic N) is 2. The molecule has 1 aliphatic heterocycles. The van der Waals surface area contributed by atoms with Gasteiger partial charge in [0.15, 0.2) is 11.5 Å². The second-order valence-corrected chi connectivity index (χ2v) is 7.26. The van der Waals surface area contributed by atoms with E-state index in [-0.39, 0.29) is 6.10 Å². The van der Waals surface area contributed by atoms with Crippen LogP contribution in [0, 0.1) is 0 Å². The van der Waals surface area contributed by atoms with Gasteiger partial charge in [0, 0.05) is 13.2 Å². The zero-order chi connectivity index (χ0) is 21.3. The fourth-order valence-corrected chi connectivity index (χ4v) is 3.86. The fraction of sp³-hybridized carbons (Fsp3) is 0.409. The van der Waals surface area contributed by atoms with Crippen LogP contribution in [-0.2, 0) is 23.9 Å². The van der Waals surface area contributed by atoms with Crippen LogP contribution in [0.2, 0.25) is 0 Å². The minimum atomic E-state index is -4.40. The van der Waals surface area contributed by atoms with Gasteiger partial charge in [-0.2, -0.15) is 13.2 Å². The SMILES string of the molecule is COc1ccc(CCn2c(C3CCCO3)nc3cc(C(F)(F)F)ccc32)cc1OC. The van der Waals surface area contributed by atoms with Gasteiger partial charge in [0.05, 0.1) is 30.8 Å². The number of hydrogen-bond acceptors (Lipinski definition) is 4. The lowest BCUT2D eigenvalue weighted by Gasteiger charge is -2.14. The Morgan fingerprint density at radius 2 is 1.90 bits per heavy atom. The molecule has 1 unspecified atom stereocenters. The monoisotopic (exact) mass is 420 g/mol. The summed E-state index contributed by atoms with van der Waals surface area (Å²) in [5.41, 5.74) is 1.34. The van der Waals surface area contributed by atoms with Gasteiger partial charge in [0.1, 0.15) is 11.9 Å². The number of fused-ring (bicyclic) bond motifs is 1. The smallest absolute Gasteiger partial charge is 0.416 e. The van der Waals surface area contributed by atoms with Gasteiger partial charge in [-0.1, -0.05) is 6.07 Å². The van der Waals surface area contributed by atoms with Gasteiger partial charge in [-0.15, -0.1) is 0 Å². The Morgan fingerprint density at radius 3 is 2.57 bits per heavy atom. The Kier molecular flexibility index (Phi) is 5.60. The number of benzene rings is 2. The Hall–Kier alpha value is -2.74. The summed E-state index contributed by atoms with van der Waals surface area (Å²) >= 11 is 0. The molecule has 3 aromatic rings. The van der Waals surface area contributed by atoms with Crippen LogP contribution >= 0.6 is 0 Å². The Balaban J connectivity index is 1.68. The normalized spacial score (nSPS) is 16.9. The highest BCUT2D eigenvalue weighted by molar-refractivity contribution is 5.77. The molecule has 5 nitrogen and oxygen atoms in total. The molecule has 1 fully saturated rings. The number of halogens is 3. The zero-order valence-corrected chi connectivity index (χ0v) is 16.8. The minimum Gasteiger partial charge on any atom is -0.493 e. The highest BCUT2D eigenvalue weighted by Crippen LogP contribution is 2.35. The minimum absolute atomic E-state index is 0.197. The molecule has 0 N–H and O–H groups in total. The van der Waals surface area contributed by atoms with Crippen molar-refractivity contribution in [1.29, 1.82) is 0 Å². The average molecular weight is 420 g/mol. The zero-order valence-electron chi connectivity index (χ0n) is 16.8. The van der Waals surface area contributed by atoms with E-state index in [1.165, 1.54) is 6.07 Å². The summed E-state index contributed by atoms with van der Waals surface area (Å²) in [5.74, 6) is 1.97. The molecule has 8 heteroatoms. The molecule has 0 radical (unpaired) electrons. The van der Waals surface area contributed by atoms with Crippen LogP contribution < -0.4 is 9.47 Å². The molecular formula is C22H23F3N2O3. The van der Waals surface area contributed by atoms with Crippen molar-refractivity contribution in [3.8, 4) is 11.5 Å². The van der Waals surface area contributed by atoms with Crippen LogP contribution in [0.3, 0.4) is 0 Å². The lowest BCUT2D eigenvalue weighted by molar-refractivity contribution is -0.137. The number of methoxy groups -OCH3 is 2. The highest BCUT2D eigenvalue weighted by Gasteiger charge is 2.32. The van der Waals surface area contributed by atoms with Gasteiger partial charge in [-0.3, -0.25) is 0 Å². The summed E-state index contributed by atoms with van der Waals surface area (Å²) in [6.07, 6.45) is -2.21. The molecule has 1 saturated heterocycles. The van der Waals surface area contributed by atoms with Crippen LogP contribution in [0.4, 0.5) is 13.2 Å². The van der Waals surface area contributed by atoms with Crippen molar-refractivity contribution < 1.29 is 27.4 Å². The number of ether oxygens (including phenoxy) is 3. The van der Waals surface area contributed by atoms with Crippen LogP contribution in [-0.4, -0.2) is 30.4 Å². The molecule has 0 aliphatic carbocycles. The summed E-state index contributed by atoms with van der Waals surface area (Å²) in [4.78, 5) is 4.54. The molecule has 2 heterocycles. The van der Waals surface area contributed by atoms with E-state index in [0.29, 0.717) is 47.9 Å². The van der Waals surface area contributed by atoms with Gasteiger partial charge in [-0.05, 0) is 55.2 Å². The fourth-order valence-electron chi connectivity index (χ4n) is 3.86. The summed E-state index contributed by atoms with van der Waals surface area (Å²) in [6.45, 7) is 1.20. The second kappa shape index (κ2) is 8.18. The van der Waals surface area contributed by atoms with Gasteiger partial charge in [0.25, 0.3) is 0 Å². The summed E-state index contributed by atoms with van der Waals surface area (Å²) in [5, 5.41) is 0. The first-order valence-electron chi connectivity index (χ1n) is 9.80. The van der Waals surface area contributed by atoms with Crippen molar-refractivity contribution in [2.45, 2.75) is 38.1 Å². The topological polar surface area (TPSA) is 45.5 Å². The molecule has 30 heavy (non-hydrogen) atoms. The third-order valence-corrected chi connectivity index (χ3v) is 5.39. The van der Waals surface area contributed by atoms with Gasteiger partial charge in [-0.25, -0.2) is 4.98 Å². The van der Waals surface area contributed by atoms with E-state index in [1.54, 1.807) is 14.2 Å². The van der Waals surface area contributed by atoms with E-state index in [2.05, 4.69) is 4.98 Å². The lowest BCUT2D eigenvalue weighted by Crippen LogP contribution is -2.10. The number of rotatable bonds is 6. The number of hydrogen-bond donors (Lipinski definition) is 0. The molecule has 4 rings (SSSR count). The summed E-state index contributed by atoms with van der Waals surface area (Å²) in [6, 6.07) is 9.42. The number of aryl methyl sites for hydroxylation is 2. The Labute approximate surface area is 172 Å². The first-order valence-corrected chi connectivity index (χ1v) is 9.80. The molecule has 1 atom stereocenters. The van der Waals surface area contributed by atoms with E-state index in [0.717, 1.165) is 30.5 Å². The number of aromatic nitrogens is 2. The summed E-state index contributed by atoms with van der Waals surface area (Å²) in [7, 11) is 3.16. The molecule has 0 saturated carbocycles. The Morgan fingerprint density at radius 1 is 1.10 bits per heavy atom. The van der Waals surface area contributed by atoms with E-state index < -0.39 is 11.7 Å².